The molecule has 0 spiro atoms. The fraction of sp³-hybridized carbons (Fsp3) is 0.429. The molecule has 0 bridgehead atoms. The summed E-state index contributed by atoms with van der Waals surface area (Å²) in [5.74, 6) is 0.374. The summed E-state index contributed by atoms with van der Waals surface area (Å²) in [5, 5.41) is 4.93. The Morgan fingerprint density at radius 2 is 2.17 bits per heavy atom. The Labute approximate surface area is 173 Å². The lowest BCUT2D eigenvalue weighted by molar-refractivity contribution is -0.141. The molecule has 1 unspecified atom stereocenters. The van der Waals surface area contributed by atoms with Crippen molar-refractivity contribution in [3.63, 3.8) is 0 Å². The van der Waals surface area contributed by atoms with Gasteiger partial charge in [0, 0.05) is 23.5 Å². The molecule has 3 aromatic rings. The van der Waals surface area contributed by atoms with Crippen LogP contribution in [0, 0.1) is 6.92 Å². The molecule has 1 atom stereocenters. The Bertz CT molecular complexity index is 1040. The molecule has 7 nitrogen and oxygen atoms in total. The van der Waals surface area contributed by atoms with E-state index in [1.807, 2.05) is 24.4 Å². The second-order valence-corrected chi connectivity index (χ2v) is 8.27. The van der Waals surface area contributed by atoms with E-state index in [4.69, 9.17) is 9.72 Å². The van der Waals surface area contributed by atoms with E-state index in [-0.39, 0.29) is 18.3 Å². The first-order valence-electron chi connectivity index (χ1n) is 9.84. The molecule has 4 rings (SSSR count). The van der Waals surface area contributed by atoms with Crippen LogP contribution in [0.2, 0.25) is 0 Å². The summed E-state index contributed by atoms with van der Waals surface area (Å²) in [6.07, 6.45) is 4.35. The number of aryl methyl sites for hydroxylation is 3. The van der Waals surface area contributed by atoms with Crippen LogP contribution in [0.25, 0.3) is 11.2 Å². The molecule has 0 saturated heterocycles. The number of nitrogens with one attached hydrogen (secondary N) is 1. The number of methoxy groups -OCH3 is 1. The first kappa shape index (κ1) is 19.6. The number of hydrogen-bond acceptors (Lipinski definition) is 6. The molecule has 152 valence electrons. The summed E-state index contributed by atoms with van der Waals surface area (Å²) >= 11 is 1.50. The predicted molar refractivity (Wildman–Crippen MR) is 111 cm³/mol. The number of carbonyl (C=O) groups excluding carboxylic acids is 2. The minimum Gasteiger partial charge on any atom is -0.469 e. The molecule has 3 aromatic heterocycles. The SMILES string of the molecule is COC(=O)CC(NC(=O)c1cc(C)nc2c1nc1n2CCCCC1)c1cccs1. The Morgan fingerprint density at radius 3 is 2.93 bits per heavy atom. The molecule has 0 radical (unpaired) electrons. The maximum absolute atomic E-state index is 13.2. The van der Waals surface area contributed by atoms with Gasteiger partial charge in [-0.3, -0.25) is 9.59 Å². The van der Waals surface area contributed by atoms with Crippen LogP contribution in [0.5, 0.6) is 0 Å². The van der Waals surface area contributed by atoms with Gasteiger partial charge in [-0.2, -0.15) is 0 Å². The number of imidazole rings is 1. The van der Waals surface area contributed by atoms with E-state index in [0.29, 0.717) is 11.1 Å². The fourth-order valence-corrected chi connectivity index (χ4v) is 4.56. The maximum atomic E-state index is 13.2. The average Bonchev–Trinajstić information content (AvgIpc) is 3.29. The Balaban J connectivity index is 1.69. The summed E-state index contributed by atoms with van der Waals surface area (Å²) in [6, 6.07) is 5.13. The van der Waals surface area contributed by atoms with Gasteiger partial charge in [-0.25, -0.2) is 9.97 Å². The van der Waals surface area contributed by atoms with Crippen molar-refractivity contribution < 1.29 is 14.3 Å². The Kier molecular flexibility index (Phi) is 5.62. The molecule has 1 aliphatic heterocycles. The van der Waals surface area contributed by atoms with E-state index >= 15 is 0 Å². The molecular weight excluding hydrogens is 388 g/mol. The molecule has 1 aliphatic rings. The number of hydrogen-bond donors (Lipinski definition) is 1. The summed E-state index contributed by atoms with van der Waals surface area (Å²) in [5.41, 5.74) is 2.68. The first-order valence-corrected chi connectivity index (χ1v) is 10.7. The molecule has 0 saturated carbocycles. The predicted octanol–water partition coefficient (Wildman–Crippen LogP) is 3.56. The van der Waals surface area contributed by atoms with Crippen molar-refractivity contribution in [2.24, 2.45) is 0 Å². The maximum Gasteiger partial charge on any atom is 0.307 e. The van der Waals surface area contributed by atoms with Gasteiger partial charge in [0.15, 0.2) is 5.65 Å². The molecule has 1 N–H and O–H groups in total. The quantitative estimate of drug-likeness (QED) is 0.648. The van der Waals surface area contributed by atoms with Crippen LogP contribution in [-0.2, 0) is 22.5 Å². The number of ether oxygens (including phenoxy) is 1. The molecule has 4 heterocycles. The van der Waals surface area contributed by atoms with Crippen LogP contribution >= 0.6 is 11.3 Å². The van der Waals surface area contributed by atoms with Crippen LogP contribution in [0.4, 0.5) is 0 Å². The van der Waals surface area contributed by atoms with Gasteiger partial charge in [-0.15, -0.1) is 11.3 Å². The lowest BCUT2D eigenvalue weighted by Gasteiger charge is -2.17. The van der Waals surface area contributed by atoms with Crippen LogP contribution < -0.4 is 5.32 Å². The Hall–Kier alpha value is -2.74. The van der Waals surface area contributed by atoms with Gasteiger partial charge in [0.1, 0.15) is 11.3 Å². The van der Waals surface area contributed by atoms with Crippen molar-refractivity contribution >= 4 is 34.4 Å². The van der Waals surface area contributed by atoms with Gasteiger partial charge in [0.25, 0.3) is 5.91 Å². The number of fused-ring (bicyclic) bond motifs is 3. The highest BCUT2D eigenvalue weighted by atomic mass is 32.1. The number of thiophene rings is 1. The van der Waals surface area contributed by atoms with E-state index in [0.717, 1.165) is 47.8 Å². The highest BCUT2D eigenvalue weighted by Crippen LogP contribution is 2.26. The third kappa shape index (κ3) is 4.03. The number of nitrogens with zero attached hydrogens (tertiary/aromatic N) is 3. The van der Waals surface area contributed by atoms with Gasteiger partial charge >= 0.3 is 5.97 Å². The molecule has 8 heteroatoms. The van der Waals surface area contributed by atoms with E-state index < -0.39 is 6.04 Å². The summed E-state index contributed by atoms with van der Waals surface area (Å²) in [7, 11) is 1.35. The number of carbonyl (C=O) groups is 2. The number of pyridine rings is 1. The van der Waals surface area contributed by atoms with Gasteiger partial charge in [-0.05, 0) is 37.3 Å². The fourth-order valence-electron chi connectivity index (χ4n) is 3.79. The monoisotopic (exact) mass is 412 g/mol. The molecular formula is C21H24N4O3S. The molecule has 0 aliphatic carbocycles. The van der Waals surface area contributed by atoms with Crippen molar-refractivity contribution in [3.05, 3.63) is 45.5 Å². The summed E-state index contributed by atoms with van der Waals surface area (Å²) in [4.78, 5) is 35.5. The van der Waals surface area contributed by atoms with Crippen molar-refractivity contribution in [1.29, 1.82) is 0 Å². The summed E-state index contributed by atoms with van der Waals surface area (Å²) in [6.45, 7) is 2.77. The van der Waals surface area contributed by atoms with Crippen molar-refractivity contribution in [2.45, 2.75) is 51.6 Å². The largest absolute Gasteiger partial charge is 0.469 e. The average molecular weight is 413 g/mol. The van der Waals surface area contributed by atoms with E-state index in [2.05, 4.69) is 14.9 Å². The smallest absolute Gasteiger partial charge is 0.307 e. The standard InChI is InChI=1S/C21H24N4O3S/c1-13-11-14(19-20(22-13)25-9-5-3-4-8-17(25)24-19)21(27)23-15(12-18(26)28-2)16-7-6-10-29-16/h6-7,10-11,15H,3-5,8-9,12H2,1-2H3,(H,23,27). The van der Waals surface area contributed by atoms with Gasteiger partial charge in [0.2, 0.25) is 0 Å². The lowest BCUT2D eigenvalue weighted by Crippen LogP contribution is -2.30. The van der Waals surface area contributed by atoms with Gasteiger partial charge in [0.05, 0.1) is 25.1 Å². The zero-order chi connectivity index (χ0) is 20.4. The number of aromatic nitrogens is 3. The van der Waals surface area contributed by atoms with Gasteiger partial charge in [-0.1, -0.05) is 12.5 Å². The second kappa shape index (κ2) is 8.32. The minimum atomic E-state index is -0.445. The molecule has 1 amide bonds. The number of amides is 1. The zero-order valence-electron chi connectivity index (χ0n) is 16.6. The zero-order valence-corrected chi connectivity index (χ0v) is 17.4. The van der Waals surface area contributed by atoms with Crippen LogP contribution in [0.1, 0.15) is 58.5 Å². The van der Waals surface area contributed by atoms with E-state index in [1.54, 1.807) is 6.07 Å². The topological polar surface area (TPSA) is 86.1 Å². The molecule has 0 fully saturated rings. The van der Waals surface area contributed by atoms with E-state index in [9.17, 15) is 9.59 Å². The normalized spacial score (nSPS) is 14.8. The van der Waals surface area contributed by atoms with Crippen LogP contribution in [0.15, 0.2) is 23.6 Å². The van der Waals surface area contributed by atoms with Gasteiger partial charge < -0.3 is 14.6 Å². The third-order valence-corrected chi connectivity index (χ3v) is 6.21. The number of rotatable bonds is 5. The molecule has 0 aromatic carbocycles. The number of esters is 1. The second-order valence-electron chi connectivity index (χ2n) is 7.30. The lowest BCUT2D eigenvalue weighted by atomic mass is 10.1. The third-order valence-electron chi connectivity index (χ3n) is 5.23. The van der Waals surface area contributed by atoms with Crippen LogP contribution in [-0.4, -0.2) is 33.5 Å². The van der Waals surface area contributed by atoms with Crippen molar-refractivity contribution in [1.82, 2.24) is 19.9 Å². The minimum absolute atomic E-state index is 0.0790. The highest BCUT2D eigenvalue weighted by Gasteiger charge is 2.24. The molecule has 29 heavy (non-hydrogen) atoms. The first-order chi connectivity index (χ1) is 14.1. The van der Waals surface area contributed by atoms with Crippen molar-refractivity contribution in [3.8, 4) is 0 Å². The highest BCUT2D eigenvalue weighted by molar-refractivity contribution is 7.10. The van der Waals surface area contributed by atoms with Crippen LogP contribution in [0.3, 0.4) is 0 Å². The van der Waals surface area contributed by atoms with Crippen molar-refractivity contribution in [2.75, 3.05) is 7.11 Å². The summed E-state index contributed by atoms with van der Waals surface area (Å²) < 4.78 is 6.96. The van der Waals surface area contributed by atoms with E-state index in [1.165, 1.54) is 24.9 Å². The Morgan fingerprint density at radius 1 is 1.31 bits per heavy atom.